The van der Waals surface area contributed by atoms with Crippen molar-refractivity contribution in [3.05, 3.63) is 0 Å². The third kappa shape index (κ3) is 71.5. The van der Waals surface area contributed by atoms with Gasteiger partial charge in [-0.25, -0.2) is 0 Å². The molecule has 9 heteroatoms. The van der Waals surface area contributed by atoms with Crippen LogP contribution in [0, 0.1) is 0 Å². The van der Waals surface area contributed by atoms with Crippen LogP contribution in [0.5, 0.6) is 0 Å². The molecule has 0 aromatic rings. The van der Waals surface area contributed by atoms with E-state index < -0.39 is 7.32 Å². The Kier molecular flexibility index (Phi) is 124. The van der Waals surface area contributed by atoms with Gasteiger partial charge in [0, 0.05) is 0 Å². The summed E-state index contributed by atoms with van der Waals surface area (Å²) in [4.78, 5) is 0. The van der Waals surface area contributed by atoms with Crippen LogP contribution in [-0.2, 0) is 0 Å². The van der Waals surface area contributed by atoms with Gasteiger partial charge in [0.05, 0.1) is 0 Å². The van der Waals surface area contributed by atoms with Crippen molar-refractivity contribution in [2.24, 2.45) is 0 Å². The summed E-state index contributed by atoms with van der Waals surface area (Å²) in [5.41, 5.74) is 0. The number of hydrogen-bond acceptors (Lipinski definition) is 3. The van der Waals surface area contributed by atoms with E-state index in [2.05, 4.69) is 0 Å². The number of hydrogen-bond donors (Lipinski definition) is 0. The Morgan fingerprint density at radius 3 is 0.667 bits per heavy atom. The second kappa shape index (κ2) is 29.5. The van der Waals surface area contributed by atoms with Crippen LogP contribution in [0.25, 0.3) is 0 Å². The van der Waals surface area contributed by atoms with Crippen molar-refractivity contribution in [2.75, 3.05) is 0 Å². The van der Waals surface area contributed by atoms with Gasteiger partial charge in [0.25, 0.3) is 0 Å². The average molecular weight is 186 g/mol. The molecule has 0 unspecified atom stereocenters. The zero-order valence-electron chi connectivity index (χ0n) is 6.18. The third-order valence-electron chi connectivity index (χ3n) is 0. The van der Waals surface area contributed by atoms with Crippen molar-refractivity contribution in [2.45, 2.75) is 0 Å². The molecule has 32 valence electrons. The average Bonchev–Trinajstić information content (AvgIpc) is 0.811. The first-order valence-corrected chi connectivity index (χ1v) is 0.707. The minimum absolute atomic E-state index is 0. The summed E-state index contributed by atoms with van der Waals surface area (Å²) >= 11 is 0. The Hall–Kier alpha value is 4.23. The first-order valence-electron chi connectivity index (χ1n) is 0.707. The van der Waals surface area contributed by atoms with Crippen LogP contribution >= 0.6 is 0 Å². The maximum atomic E-state index is 8.42. The van der Waals surface area contributed by atoms with E-state index in [1.54, 1.807) is 0 Å². The van der Waals surface area contributed by atoms with Crippen molar-refractivity contribution in [3.63, 3.8) is 0 Å². The molecule has 0 fully saturated rings. The molecule has 0 aromatic carbocycles. The van der Waals surface area contributed by atoms with Crippen LogP contribution in [0.4, 0.5) is 0 Å². The van der Waals surface area contributed by atoms with Crippen LogP contribution in [0.2, 0.25) is 0 Å². The van der Waals surface area contributed by atoms with E-state index in [4.69, 9.17) is 15.1 Å². The summed E-state index contributed by atoms with van der Waals surface area (Å²) in [6.07, 6.45) is 0. The second-order valence-corrected chi connectivity index (χ2v) is 0.289. The molecule has 0 aliphatic rings. The minimum atomic E-state index is -2.92. The molecule has 0 heterocycles. The fourth-order valence-corrected chi connectivity index (χ4v) is 0. The van der Waals surface area contributed by atoms with Crippen LogP contribution in [0.15, 0.2) is 0 Å². The summed E-state index contributed by atoms with van der Waals surface area (Å²) in [6, 6.07) is 0. The Morgan fingerprint density at radius 1 is 0.667 bits per heavy atom. The van der Waals surface area contributed by atoms with Crippen LogP contribution < -0.4 is 146 Å². The van der Waals surface area contributed by atoms with Gasteiger partial charge in [-0.1, -0.05) is 0 Å². The monoisotopic (exact) mass is 186 g/mol. The quantitative estimate of drug-likeness (QED) is 0.353. The maximum Gasteiger partial charge on any atom is 1.00 e. The molecule has 0 radical (unpaired) electrons. The topological polar surface area (TPSA) is 69.2 Å². The molecule has 0 atom stereocenters. The third-order valence-corrected chi connectivity index (χ3v) is 0. The maximum absolute atomic E-state index is 8.42. The van der Waals surface area contributed by atoms with E-state index in [-0.39, 0.29) is 131 Å². The molecule has 0 spiro atoms. The molecule has 9 heavy (non-hydrogen) atoms. The van der Waals surface area contributed by atoms with Crippen molar-refractivity contribution in [3.8, 4) is 0 Å². The Bertz CT molecular complexity index is 20.5. The fraction of sp³-hybridized carbons (Fsp3) is 0. The largest absolute Gasteiger partial charge is 1.00 e. The molecule has 0 bridgehead atoms. The molecule has 3 nitrogen and oxygen atoms in total. The van der Waals surface area contributed by atoms with E-state index in [1.165, 1.54) is 0 Å². The Labute approximate surface area is 149 Å². The van der Waals surface area contributed by atoms with Crippen molar-refractivity contribution in [1.82, 2.24) is 0 Å². The summed E-state index contributed by atoms with van der Waals surface area (Å²) < 4.78 is 0. The van der Waals surface area contributed by atoms with Crippen LogP contribution in [0.3, 0.4) is 0 Å². The molecule has 0 aromatic heterocycles. The van der Waals surface area contributed by atoms with Crippen molar-refractivity contribution >= 4 is 7.32 Å². The predicted octanol–water partition coefficient (Wildman–Crippen LogP) is -18.9. The molecule has 0 N–H and O–H groups in total. The Balaban J connectivity index is -0.00000000450. The predicted molar refractivity (Wildman–Crippen MR) is 5.75 cm³/mol. The molecule has 0 aliphatic heterocycles. The first-order chi connectivity index (χ1) is 1.73. The first kappa shape index (κ1) is 37.8. The van der Waals surface area contributed by atoms with E-state index in [0.29, 0.717) is 0 Å². The van der Waals surface area contributed by atoms with Crippen molar-refractivity contribution in [1.29, 1.82) is 0 Å². The van der Waals surface area contributed by atoms with E-state index >= 15 is 0 Å². The molecule has 0 aliphatic carbocycles. The van der Waals surface area contributed by atoms with Gasteiger partial charge < -0.3 is 27.5 Å². The van der Waals surface area contributed by atoms with Crippen LogP contribution in [0.1, 0.15) is 0 Å². The van der Waals surface area contributed by atoms with Gasteiger partial charge in [-0.2, -0.15) is 0 Å². The Morgan fingerprint density at radius 2 is 0.667 bits per heavy atom. The number of halogens is 1. The van der Waals surface area contributed by atoms with Gasteiger partial charge in [0.15, 0.2) is 0 Å². The van der Waals surface area contributed by atoms with E-state index in [0.717, 1.165) is 0 Å². The van der Waals surface area contributed by atoms with Gasteiger partial charge >= 0.3 is 118 Å². The van der Waals surface area contributed by atoms with Gasteiger partial charge in [-0.3, -0.25) is 7.32 Å². The zero-order chi connectivity index (χ0) is 3.58. The minimum Gasteiger partial charge on any atom is -1.00 e. The van der Waals surface area contributed by atoms with Gasteiger partial charge in [-0.05, 0) is 0 Å². The SMILES string of the molecule is [Cl-].[Na+].[Na+].[Na+].[Na+].[O-]B([O-])[O-]. The van der Waals surface area contributed by atoms with Gasteiger partial charge in [0.1, 0.15) is 0 Å². The molecule has 0 saturated heterocycles. The fourth-order valence-electron chi connectivity index (χ4n) is 0. The normalized spacial score (nSPS) is 3.00. The smallest absolute Gasteiger partial charge is 1.00 e. The molecular formula is BClNa4O3. The zero-order valence-corrected chi connectivity index (χ0v) is 14.9. The summed E-state index contributed by atoms with van der Waals surface area (Å²) in [7, 11) is -2.92. The second-order valence-electron chi connectivity index (χ2n) is 0.289. The summed E-state index contributed by atoms with van der Waals surface area (Å²) in [6.45, 7) is 0. The van der Waals surface area contributed by atoms with Gasteiger partial charge in [-0.15, -0.1) is 0 Å². The molecular weight excluding hydrogens is 186 g/mol. The molecule has 0 amide bonds. The van der Waals surface area contributed by atoms with Crippen molar-refractivity contribution < 1.29 is 146 Å². The van der Waals surface area contributed by atoms with Crippen LogP contribution in [-0.4, -0.2) is 7.32 Å². The molecule has 0 saturated carbocycles. The summed E-state index contributed by atoms with van der Waals surface area (Å²) in [5, 5.41) is 25.2. The standard InChI is InChI=1S/BO3.ClH.4Na/c2-1(3)4;;;;;/h;1H;;;;/q-3;;4*+1/p-1. The molecule has 0 rings (SSSR count). The summed E-state index contributed by atoms with van der Waals surface area (Å²) in [5.74, 6) is 0. The van der Waals surface area contributed by atoms with Gasteiger partial charge in [0.2, 0.25) is 0 Å². The van der Waals surface area contributed by atoms with E-state index in [9.17, 15) is 0 Å². The van der Waals surface area contributed by atoms with E-state index in [1.807, 2.05) is 0 Å². The number of rotatable bonds is 0.